The van der Waals surface area contributed by atoms with Crippen LogP contribution in [0, 0.1) is 17.2 Å². The molecular formula is C18H23N5O2S2. The van der Waals surface area contributed by atoms with Gasteiger partial charge in [0.2, 0.25) is 11.0 Å². The molecule has 0 spiro atoms. The highest BCUT2D eigenvalue weighted by Gasteiger charge is 2.32. The van der Waals surface area contributed by atoms with Crippen LogP contribution in [0.3, 0.4) is 0 Å². The molecule has 0 bridgehead atoms. The van der Waals surface area contributed by atoms with Gasteiger partial charge in [-0.1, -0.05) is 49.1 Å². The summed E-state index contributed by atoms with van der Waals surface area (Å²) in [5, 5.41) is 23.8. The van der Waals surface area contributed by atoms with Gasteiger partial charge in [0.25, 0.3) is 0 Å². The second-order valence-corrected chi connectivity index (χ2v) is 8.98. The minimum absolute atomic E-state index is 0.00170. The maximum Gasteiger partial charge on any atom is 0.234 e. The van der Waals surface area contributed by atoms with E-state index in [1.165, 1.54) is 23.1 Å². The molecule has 0 unspecified atom stereocenters. The molecule has 0 aliphatic rings. The summed E-state index contributed by atoms with van der Waals surface area (Å²) < 4.78 is 5.97. The minimum Gasteiger partial charge on any atom is -0.495 e. The van der Waals surface area contributed by atoms with E-state index in [9.17, 15) is 10.1 Å². The number of para-hydroxylation sites is 2. The van der Waals surface area contributed by atoms with Crippen LogP contribution in [0.25, 0.3) is 0 Å². The first-order valence-electron chi connectivity index (χ1n) is 8.42. The van der Waals surface area contributed by atoms with E-state index < -0.39 is 10.8 Å². The predicted octanol–water partition coefficient (Wildman–Crippen LogP) is 3.83. The molecule has 0 fully saturated rings. The van der Waals surface area contributed by atoms with Crippen molar-refractivity contribution >= 4 is 39.8 Å². The lowest BCUT2D eigenvalue weighted by Crippen LogP contribution is -2.51. The topological polar surface area (TPSA) is 99.9 Å². The van der Waals surface area contributed by atoms with Gasteiger partial charge >= 0.3 is 0 Å². The number of ether oxygens (including phenoxy) is 1. The molecule has 1 amide bonds. The number of carbonyl (C=O) groups is 1. The third-order valence-electron chi connectivity index (χ3n) is 4.17. The number of rotatable bonds is 8. The molecule has 0 aliphatic carbocycles. The van der Waals surface area contributed by atoms with Gasteiger partial charge in [-0.3, -0.25) is 4.79 Å². The third kappa shape index (κ3) is 5.34. The van der Waals surface area contributed by atoms with E-state index in [1.807, 2.05) is 38.1 Å². The van der Waals surface area contributed by atoms with Gasteiger partial charge in [0.1, 0.15) is 11.3 Å². The summed E-state index contributed by atoms with van der Waals surface area (Å²) in [6, 6.07) is 9.71. The molecule has 9 heteroatoms. The Labute approximate surface area is 167 Å². The first kappa shape index (κ1) is 21.0. The van der Waals surface area contributed by atoms with Crippen molar-refractivity contribution in [2.75, 3.05) is 12.4 Å². The lowest BCUT2D eigenvalue weighted by molar-refractivity contribution is -0.121. The second kappa shape index (κ2) is 9.06. The smallest absolute Gasteiger partial charge is 0.234 e. The van der Waals surface area contributed by atoms with Crippen molar-refractivity contribution in [2.24, 2.45) is 5.92 Å². The number of aromatic nitrogens is 2. The van der Waals surface area contributed by atoms with E-state index >= 15 is 0 Å². The van der Waals surface area contributed by atoms with Crippen LogP contribution in [0.15, 0.2) is 28.6 Å². The number of nitrogens with one attached hydrogen (secondary N) is 2. The van der Waals surface area contributed by atoms with E-state index in [0.717, 1.165) is 5.69 Å². The number of hydrogen-bond acceptors (Lipinski definition) is 8. The van der Waals surface area contributed by atoms with Crippen molar-refractivity contribution < 1.29 is 9.53 Å². The van der Waals surface area contributed by atoms with E-state index in [0.29, 0.717) is 15.2 Å². The standard InChI is InChI=1S/C18H23N5O2S2/c1-11(2)18(4,10-19)21-15(24)12(3)26-17-23-22-16(27-17)20-13-8-6-7-9-14(13)25-5/h6-9,11-12H,1-5H3,(H,20,22)(H,21,24)/t12-,18-/m0/s1. The first-order valence-corrected chi connectivity index (χ1v) is 10.1. The number of nitrogens with zero attached hydrogens (tertiary/aromatic N) is 3. The van der Waals surface area contributed by atoms with Crippen LogP contribution < -0.4 is 15.4 Å². The number of anilines is 2. The molecule has 2 aromatic rings. The molecule has 144 valence electrons. The molecule has 0 radical (unpaired) electrons. The molecule has 0 aliphatic heterocycles. The highest BCUT2D eigenvalue weighted by Crippen LogP contribution is 2.33. The zero-order valence-corrected chi connectivity index (χ0v) is 17.6. The van der Waals surface area contributed by atoms with Crippen LogP contribution in [-0.2, 0) is 4.79 Å². The Morgan fingerprint density at radius 2 is 2.04 bits per heavy atom. The van der Waals surface area contributed by atoms with Gasteiger partial charge in [-0.25, -0.2) is 0 Å². The van der Waals surface area contributed by atoms with E-state index in [4.69, 9.17) is 4.74 Å². The normalized spacial score (nSPS) is 14.1. The summed E-state index contributed by atoms with van der Waals surface area (Å²) in [4.78, 5) is 12.4. The average molecular weight is 406 g/mol. The van der Waals surface area contributed by atoms with E-state index in [2.05, 4.69) is 26.9 Å². The summed E-state index contributed by atoms with van der Waals surface area (Å²) in [5.41, 5.74) is -0.107. The van der Waals surface area contributed by atoms with Crippen LogP contribution in [0.4, 0.5) is 10.8 Å². The fourth-order valence-corrected chi connectivity index (χ4v) is 3.94. The number of benzene rings is 1. The van der Waals surface area contributed by atoms with Crippen LogP contribution >= 0.6 is 23.1 Å². The van der Waals surface area contributed by atoms with Crippen molar-refractivity contribution in [1.29, 1.82) is 5.26 Å². The number of thioether (sulfide) groups is 1. The first-order chi connectivity index (χ1) is 12.8. The fourth-order valence-electron chi connectivity index (χ4n) is 2.03. The number of amides is 1. The average Bonchev–Trinajstić information content (AvgIpc) is 3.08. The van der Waals surface area contributed by atoms with Crippen molar-refractivity contribution in [3.63, 3.8) is 0 Å². The monoisotopic (exact) mass is 405 g/mol. The summed E-state index contributed by atoms with van der Waals surface area (Å²) in [5.74, 6) is 0.508. The van der Waals surface area contributed by atoms with Crippen molar-refractivity contribution in [1.82, 2.24) is 15.5 Å². The highest BCUT2D eigenvalue weighted by atomic mass is 32.2. The number of methoxy groups -OCH3 is 1. The molecule has 0 saturated heterocycles. The predicted molar refractivity (Wildman–Crippen MR) is 109 cm³/mol. The number of nitriles is 1. The summed E-state index contributed by atoms with van der Waals surface area (Å²) >= 11 is 2.66. The largest absolute Gasteiger partial charge is 0.495 e. The Morgan fingerprint density at radius 1 is 1.33 bits per heavy atom. The Hall–Kier alpha value is -2.31. The fraction of sp³-hybridized carbons (Fsp3) is 0.444. The zero-order chi connectivity index (χ0) is 20.0. The molecule has 1 aromatic heterocycles. The van der Waals surface area contributed by atoms with Gasteiger partial charge in [-0.2, -0.15) is 5.26 Å². The molecule has 2 rings (SSSR count). The summed E-state index contributed by atoms with van der Waals surface area (Å²) in [7, 11) is 1.61. The maximum absolute atomic E-state index is 12.4. The van der Waals surface area contributed by atoms with Gasteiger partial charge < -0.3 is 15.4 Å². The van der Waals surface area contributed by atoms with Gasteiger partial charge in [0, 0.05) is 0 Å². The van der Waals surface area contributed by atoms with Gasteiger partial charge in [0.15, 0.2) is 4.34 Å². The molecule has 2 atom stereocenters. The Balaban J connectivity index is 2.00. The lowest BCUT2D eigenvalue weighted by Gasteiger charge is -2.28. The Kier molecular flexibility index (Phi) is 7.05. The molecule has 2 N–H and O–H groups in total. The Bertz CT molecular complexity index is 833. The quantitative estimate of drug-likeness (QED) is 0.644. The molecule has 27 heavy (non-hydrogen) atoms. The summed E-state index contributed by atoms with van der Waals surface area (Å²) in [6.07, 6.45) is 0. The third-order valence-corrected chi connectivity index (χ3v) is 6.19. The number of hydrogen-bond donors (Lipinski definition) is 2. The molecule has 1 heterocycles. The van der Waals surface area contributed by atoms with Gasteiger partial charge in [-0.15, -0.1) is 10.2 Å². The molecule has 0 saturated carbocycles. The van der Waals surface area contributed by atoms with Crippen LogP contribution in [-0.4, -0.2) is 34.0 Å². The number of carbonyl (C=O) groups excluding carboxylic acids is 1. The molecular weight excluding hydrogens is 382 g/mol. The van der Waals surface area contributed by atoms with E-state index in [1.54, 1.807) is 21.0 Å². The lowest BCUT2D eigenvalue weighted by atomic mass is 9.90. The van der Waals surface area contributed by atoms with Crippen molar-refractivity contribution in [3.8, 4) is 11.8 Å². The van der Waals surface area contributed by atoms with Crippen LogP contribution in [0.5, 0.6) is 5.75 Å². The van der Waals surface area contributed by atoms with Crippen LogP contribution in [0.2, 0.25) is 0 Å². The zero-order valence-electron chi connectivity index (χ0n) is 15.9. The molecule has 7 nitrogen and oxygen atoms in total. The highest BCUT2D eigenvalue weighted by molar-refractivity contribution is 8.02. The van der Waals surface area contributed by atoms with Gasteiger partial charge in [-0.05, 0) is 31.9 Å². The van der Waals surface area contributed by atoms with Crippen LogP contribution in [0.1, 0.15) is 27.7 Å². The molecule has 1 aromatic carbocycles. The Morgan fingerprint density at radius 3 is 2.67 bits per heavy atom. The second-order valence-electron chi connectivity index (χ2n) is 6.42. The minimum atomic E-state index is -0.899. The van der Waals surface area contributed by atoms with Gasteiger partial charge in [0.05, 0.1) is 24.1 Å². The maximum atomic E-state index is 12.4. The van der Waals surface area contributed by atoms with Crippen molar-refractivity contribution in [2.45, 2.75) is 42.8 Å². The van der Waals surface area contributed by atoms with E-state index in [-0.39, 0.29) is 11.8 Å². The SMILES string of the molecule is COc1ccccc1Nc1nnc(S[C@@H](C)C(=O)N[C@@](C)(C#N)C(C)C)s1. The summed E-state index contributed by atoms with van der Waals surface area (Å²) in [6.45, 7) is 7.32. The van der Waals surface area contributed by atoms with Crippen molar-refractivity contribution in [3.05, 3.63) is 24.3 Å².